The lowest BCUT2D eigenvalue weighted by Gasteiger charge is -2.12. The molecule has 0 fully saturated rings. The first-order chi connectivity index (χ1) is 8.63. The maximum atomic E-state index is 13.9. The van der Waals surface area contributed by atoms with E-state index >= 15 is 0 Å². The molecular weight excluding hydrogens is 237 g/mol. The molecule has 5 nitrogen and oxygen atoms in total. The minimum absolute atomic E-state index is 0.0702. The van der Waals surface area contributed by atoms with Crippen LogP contribution in [0.15, 0.2) is 36.9 Å². The zero-order chi connectivity index (χ0) is 13.1. The van der Waals surface area contributed by atoms with Crippen molar-refractivity contribution in [3.05, 3.63) is 48.3 Å². The SMILES string of the molecule is NCC(C(=O)O)c1ccc(-n2ccnc2)c(F)c1. The molecule has 0 radical (unpaired) electrons. The first-order valence-corrected chi connectivity index (χ1v) is 5.34. The number of carboxylic acid groups (broad SMARTS) is 1. The van der Waals surface area contributed by atoms with Crippen molar-refractivity contribution < 1.29 is 14.3 Å². The third-order valence-corrected chi connectivity index (χ3v) is 2.69. The van der Waals surface area contributed by atoms with E-state index in [0.29, 0.717) is 11.3 Å². The lowest BCUT2D eigenvalue weighted by molar-refractivity contribution is -0.138. The number of nitrogens with two attached hydrogens (primary N) is 1. The molecule has 6 heteroatoms. The summed E-state index contributed by atoms with van der Waals surface area (Å²) in [5, 5.41) is 8.95. The fourth-order valence-corrected chi connectivity index (χ4v) is 1.73. The van der Waals surface area contributed by atoms with Gasteiger partial charge in [0.05, 0.1) is 17.9 Å². The van der Waals surface area contributed by atoms with E-state index in [0.717, 1.165) is 0 Å². The molecule has 0 aliphatic rings. The Hall–Kier alpha value is -2.21. The first-order valence-electron chi connectivity index (χ1n) is 5.34. The second-order valence-corrected chi connectivity index (χ2v) is 3.81. The number of benzene rings is 1. The number of carboxylic acids is 1. The van der Waals surface area contributed by atoms with E-state index in [1.807, 2.05) is 0 Å². The van der Waals surface area contributed by atoms with Gasteiger partial charge < -0.3 is 15.4 Å². The molecule has 1 atom stereocenters. The number of aromatic nitrogens is 2. The van der Waals surface area contributed by atoms with E-state index < -0.39 is 17.7 Å². The number of hydrogen-bond acceptors (Lipinski definition) is 3. The predicted octanol–water partition coefficient (Wildman–Crippen LogP) is 1.14. The van der Waals surface area contributed by atoms with Crippen LogP contribution >= 0.6 is 0 Å². The Balaban J connectivity index is 2.39. The number of hydrogen-bond donors (Lipinski definition) is 2. The standard InChI is InChI=1S/C12H12FN3O2/c13-10-5-8(9(6-14)12(17)18)1-2-11(10)16-4-3-15-7-16/h1-5,7,9H,6,14H2,(H,17,18). The predicted molar refractivity (Wildman–Crippen MR) is 63.0 cm³/mol. The summed E-state index contributed by atoms with van der Waals surface area (Å²) >= 11 is 0. The molecule has 0 aliphatic carbocycles. The molecule has 0 spiro atoms. The molecule has 2 aromatic rings. The topological polar surface area (TPSA) is 81.1 Å². The fraction of sp³-hybridized carbons (Fsp3) is 0.167. The van der Waals surface area contributed by atoms with E-state index in [4.69, 9.17) is 10.8 Å². The zero-order valence-corrected chi connectivity index (χ0v) is 9.45. The van der Waals surface area contributed by atoms with Gasteiger partial charge in [-0.2, -0.15) is 0 Å². The fourth-order valence-electron chi connectivity index (χ4n) is 1.73. The van der Waals surface area contributed by atoms with Gasteiger partial charge in [-0.25, -0.2) is 9.37 Å². The maximum Gasteiger partial charge on any atom is 0.312 e. The molecule has 0 aliphatic heterocycles. The third kappa shape index (κ3) is 2.23. The molecule has 18 heavy (non-hydrogen) atoms. The summed E-state index contributed by atoms with van der Waals surface area (Å²) in [6, 6.07) is 4.27. The van der Waals surface area contributed by atoms with Crippen LogP contribution in [-0.2, 0) is 4.79 Å². The van der Waals surface area contributed by atoms with Crippen LogP contribution in [0, 0.1) is 5.82 Å². The van der Waals surface area contributed by atoms with Crippen LogP contribution in [0.25, 0.3) is 5.69 Å². The Bertz CT molecular complexity index is 554. The lowest BCUT2D eigenvalue weighted by atomic mass is 9.99. The molecule has 1 heterocycles. The first kappa shape index (κ1) is 12.3. The van der Waals surface area contributed by atoms with E-state index in [2.05, 4.69) is 4.98 Å². The van der Waals surface area contributed by atoms with E-state index in [1.54, 1.807) is 12.3 Å². The second-order valence-electron chi connectivity index (χ2n) is 3.81. The molecule has 1 unspecified atom stereocenters. The van der Waals surface area contributed by atoms with Gasteiger partial charge >= 0.3 is 5.97 Å². The number of nitrogens with zero attached hydrogens (tertiary/aromatic N) is 2. The highest BCUT2D eigenvalue weighted by Gasteiger charge is 2.19. The normalized spacial score (nSPS) is 12.3. The Morgan fingerprint density at radius 1 is 1.56 bits per heavy atom. The summed E-state index contributed by atoms with van der Waals surface area (Å²) < 4.78 is 15.4. The number of aliphatic carboxylic acids is 1. The van der Waals surface area contributed by atoms with Gasteiger partial charge in [-0.1, -0.05) is 6.07 Å². The van der Waals surface area contributed by atoms with Gasteiger partial charge in [0.2, 0.25) is 0 Å². The Kier molecular flexibility index (Phi) is 3.38. The van der Waals surface area contributed by atoms with E-state index in [-0.39, 0.29) is 6.54 Å². The summed E-state index contributed by atoms with van der Waals surface area (Å²) in [7, 11) is 0. The van der Waals surface area contributed by atoms with Gasteiger partial charge in [-0.3, -0.25) is 4.79 Å². The van der Waals surface area contributed by atoms with Crippen molar-refractivity contribution in [2.24, 2.45) is 5.73 Å². The number of halogens is 1. The summed E-state index contributed by atoms with van der Waals surface area (Å²) in [5.74, 6) is -2.46. The van der Waals surface area contributed by atoms with Crippen LogP contribution in [0.1, 0.15) is 11.5 Å². The molecule has 94 valence electrons. The molecule has 0 saturated carbocycles. The lowest BCUT2D eigenvalue weighted by Crippen LogP contribution is -2.21. The molecule has 0 saturated heterocycles. The largest absolute Gasteiger partial charge is 0.481 e. The minimum Gasteiger partial charge on any atom is -0.481 e. The Morgan fingerprint density at radius 3 is 2.83 bits per heavy atom. The highest BCUT2D eigenvalue weighted by molar-refractivity contribution is 5.76. The minimum atomic E-state index is -1.06. The Labute approximate surface area is 103 Å². The monoisotopic (exact) mass is 249 g/mol. The summed E-state index contributed by atoms with van der Waals surface area (Å²) in [6.45, 7) is -0.0702. The third-order valence-electron chi connectivity index (χ3n) is 2.69. The second kappa shape index (κ2) is 4.97. The van der Waals surface area contributed by atoms with Gasteiger partial charge in [-0.05, 0) is 17.7 Å². The molecule has 0 amide bonds. The van der Waals surface area contributed by atoms with Crippen molar-refractivity contribution in [1.82, 2.24) is 9.55 Å². The molecule has 1 aromatic heterocycles. The van der Waals surface area contributed by atoms with Gasteiger partial charge in [0.1, 0.15) is 5.82 Å². The summed E-state index contributed by atoms with van der Waals surface area (Å²) in [4.78, 5) is 14.8. The van der Waals surface area contributed by atoms with Crippen LogP contribution in [0.3, 0.4) is 0 Å². The van der Waals surface area contributed by atoms with Crippen molar-refractivity contribution in [3.8, 4) is 5.69 Å². The average Bonchev–Trinajstić information content (AvgIpc) is 2.83. The van der Waals surface area contributed by atoms with Gasteiger partial charge in [0, 0.05) is 18.9 Å². The highest BCUT2D eigenvalue weighted by atomic mass is 19.1. The van der Waals surface area contributed by atoms with Gasteiger partial charge in [0.25, 0.3) is 0 Å². The quantitative estimate of drug-likeness (QED) is 0.851. The molecular formula is C12H12FN3O2. The maximum absolute atomic E-state index is 13.9. The number of carbonyl (C=O) groups is 1. The van der Waals surface area contributed by atoms with E-state index in [9.17, 15) is 9.18 Å². The van der Waals surface area contributed by atoms with Crippen molar-refractivity contribution >= 4 is 5.97 Å². The van der Waals surface area contributed by atoms with Crippen LogP contribution < -0.4 is 5.73 Å². The van der Waals surface area contributed by atoms with Crippen molar-refractivity contribution in [1.29, 1.82) is 0 Å². The average molecular weight is 249 g/mol. The van der Waals surface area contributed by atoms with Crippen molar-refractivity contribution in [3.63, 3.8) is 0 Å². The molecule has 1 aromatic carbocycles. The number of rotatable bonds is 4. The van der Waals surface area contributed by atoms with Crippen LogP contribution in [0.5, 0.6) is 0 Å². The van der Waals surface area contributed by atoms with Gasteiger partial charge in [0.15, 0.2) is 0 Å². The Morgan fingerprint density at radius 2 is 2.33 bits per heavy atom. The highest BCUT2D eigenvalue weighted by Crippen LogP contribution is 2.20. The van der Waals surface area contributed by atoms with Gasteiger partial charge in [-0.15, -0.1) is 0 Å². The zero-order valence-electron chi connectivity index (χ0n) is 9.45. The molecule has 0 bridgehead atoms. The van der Waals surface area contributed by atoms with Crippen LogP contribution in [-0.4, -0.2) is 27.2 Å². The van der Waals surface area contributed by atoms with E-state index in [1.165, 1.54) is 29.2 Å². The van der Waals surface area contributed by atoms with Crippen LogP contribution in [0.2, 0.25) is 0 Å². The summed E-state index contributed by atoms with van der Waals surface area (Å²) in [6.07, 6.45) is 4.61. The number of imidazole rings is 1. The van der Waals surface area contributed by atoms with Crippen molar-refractivity contribution in [2.75, 3.05) is 6.54 Å². The van der Waals surface area contributed by atoms with Crippen molar-refractivity contribution in [2.45, 2.75) is 5.92 Å². The van der Waals surface area contributed by atoms with Crippen LogP contribution in [0.4, 0.5) is 4.39 Å². The molecule has 2 rings (SSSR count). The molecule has 3 N–H and O–H groups in total. The smallest absolute Gasteiger partial charge is 0.312 e. The summed E-state index contributed by atoms with van der Waals surface area (Å²) in [5.41, 5.74) is 6.04.